The van der Waals surface area contributed by atoms with Crippen LogP contribution >= 0.6 is 0 Å². The molecule has 262 valence electrons. The molecule has 51 heavy (non-hydrogen) atoms. The van der Waals surface area contributed by atoms with Gasteiger partial charge in [0.05, 0.1) is 33.3 Å². The maximum Gasteiger partial charge on any atom is 0.280 e. The van der Waals surface area contributed by atoms with Crippen molar-refractivity contribution in [2.45, 2.75) is 43.3 Å². The number of aromatic nitrogens is 4. The van der Waals surface area contributed by atoms with Crippen molar-refractivity contribution in [1.29, 1.82) is 0 Å². The van der Waals surface area contributed by atoms with E-state index in [1.165, 1.54) is 11.9 Å². The molecule has 6 aromatic rings. The third-order valence-corrected chi connectivity index (χ3v) is 9.36. The van der Waals surface area contributed by atoms with E-state index >= 15 is 0 Å². The number of H-pyrrole nitrogens is 1. The fraction of sp³-hybridized carbons (Fsp3) is 0.275. The number of aliphatic hydroxyl groups excluding tert-OH is 1. The van der Waals surface area contributed by atoms with Gasteiger partial charge in [-0.25, -0.2) is 4.98 Å². The second kappa shape index (κ2) is 15.2. The SMILES string of the molecule is COc1ccc(C(OC[C@H]2O[C@@H](n3cnc4c(=O)[nH]c(NCCCc5ccccc5)nc43)C[C@@H]2O)(c2ccccc2)c2ccc(OC)cc2)cc1. The number of imidazole rings is 1. The van der Waals surface area contributed by atoms with Gasteiger partial charge in [-0.1, -0.05) is 84.9 Å². The van der Waals surface area contributed by atoms with Crippen LogP contribution in [0.4, 0.5) is 5.95 Å². The van der Waals surface area contributed by atoms with Crippen LogP contribution in [0.1, 0.15) is 41.3 Å². The van der Waals surface area contributed by atoms with Gasteiger partial charge in [-0.15, -0.1) is 0 Å². The lowest BCUT2D eigenvalue weighted by Crippen LogP contribution is -2.38. The Balaban J connectivity index is 1.14. The van der Waals surface area contributed by atoms with E-state index in [4.69, 9.17) is 18.9 Å². The molecule has 11 heteroatoms. The number of methoxy groups -OCH3 is 2. The highest BCUT2D eigenvalue weighted by atomic mass is 16.6. The van der Waals surface area contributed by atoms with Gasteiger partial charge in [0.15, 0.2) is 11.2 Å². The van der Waals surface area contributed by atoms with Gasteiger partial charge in [-0.3, -0.25) is 14.3 Å². The number of rotatable bonds is 14. The molecule has 3 N–H and O–H groups in total. The smallest absolute Gasteiger partial charge is 0.280 e. The van der Waals surface area contributed by atoms with Crippen molar-refractivity contribution in [2.24, 2.45) is 0 Å². The molecule has 1 fully saturated rings. The van der Waals surface area contributed by atoms with Crippen LogP contribution in [-0.4, -0.2) is 64.2 Å². The Bertz CT molecular complexity index is 2040. The summed E-state index contributed by atoms with van der Waals surface area (Å²) in [6.45, 7) is 0.681. The second-order valence-corrected chi connectivity index (χ2v) is 12.5. The van der Waals surface area contributed by atoms with E-state index < -0.39 is 24.0 Å². The van der Waals surface area contributed by atoms with Gasteiger partial charge in [0, 0.05) is 13.0 Å². The number of aromatic amines is 1. The number of ether oxygens (including phenoxy) is 4. The maximum absolute atomic E-state index is 13.0. The summed E-state index contributed by atoms with van der Waals surface area (Å²) in [6.07, 6.45) is 1.40. The normalized spacial score (nSPS) is 17.4. The van der Waals surface area contributed by atoms with E-state index in [9.17, 15) is 9.90 Å². The molecular formula is C40H41N5O6. The number of hydrogen-bond donors (Lipinski definition) is 3. The van der Waals surface area contributed by atoms with Crippen LogP contribution in [0, 0.1) is 0 Å². The van der Waals surface area contributed by atoms with Crippen LogP contribution in [0.25, 0.3) is 11.2 Å². The average molecular weight is 688 g/mol. The molecule has 1 saturated heterocycles. The van der Waals surface area contributed by atoms with Gasteiger partial charge >= 0.3 is 0 Å². The molecule has 0 spiro atoms. The minimum absolute atomic E-state index is 0.0550. The Morgan fingerprint density at radius 2 is 1.49 bits per heavy atom. The number of aliphatic hydroxyl groups is 1. The first-order valence-electron chi connectivity index (χ1n) is 17.0. The lowest BCUT2D eigenvalue weighted by Gasteiger charge is -2.37. The third kappa shape index (κ3) is 7.09. The Labute approximate surface area is 295 Å². The molecule has 3 heterocycles. The van der Waals surface area contributed by atoms with E-state index in [1.54, 1.807) is 18.8 Å². The van der Waals surface area contributed by atoms with Crippen molar-refractivity contribution in [2.75, 3.05) is 32.7 Å². The number of fused-ring (bicyclic) bond motifs is 1. The van der Waals surface area contributed by atoms with Crippen LogP contribution < -0.4 is 20.3 Å². The zero-order chi connectivity index (χ0) is 35.2. The molecule has 0 bridgehead atoms. The summed E-state index contributed by atoms with van der Waals surface area (Å²) in [5.74, 6) is 1.80. The van der Waals surface area contributed by atoms with Crippen LogP contribution in [0.2, 0.25) is 0 Å². The zero-order valence-corrected chi connectivity index (χ0v) is 28.6. The lowest BCUT2D eigenvalue weighted by atomic mass is 9.80. The maximum atomic E-state index is 13.0. The molecule has 1 aliphatic heterocycles. The van der Waals surface area contributed by atoms with E-state index in [0.29, 0.717) is 18.1 Å². The topological polar surface area (TPSA) is 133 Å². The van der Waals surface area contributed by atoms with E-state index in [-0.39, 0.29) is 24.1 Å². The quantitative estimate of drug-likeness (QED) is 0.0955. The summed E-state index contributed by atoms with van der Waals surface area (Å²) < 4.78 is 26.1. The molecule has 2 aromatic heterocycles. The molecular weight excluding hydrogens is 646 g/mol. The predicted molar refractivity (Wildman–Crippen MR) is 194 cm³/mol. The first-order chi connectivity index (χ1) is 25.0. The summed E-state index contributed by atoms with van der Waals surface area (Å²) >= 11 is 0. The van der Waals surface area contributed by atoms with Crippen LogP contribution in [0.3, 0.4) is 0 Å². The van der Waals surface area contributed by atoms with Gasteiger partial charge in [0.25, 0.3) is 5.56 Å². The Hall–Kier alpha value is -5.49. The molecule has 0 radical (unpaired) electrons. The molecule has 1 aliphatic rings. The molecule has 4 aromatic carbocycles. The minimum Gasteiger partial charge on any atom is -0.497 e. The van der Waals surface area contributed by atoms with Gasteiger partial charge in [-0.2, -0.15) is 4.98 Å². The zero-order valence-electron chi connectivity index (χ0n) is 28.6. The van der Waals surface area contributed by atoms with Crippen molar-refractivity contribution >= 4 is 17.1 Å². The molecule has 11 nitrogen and oxygen atoms in total. The summed E-state index contributed by atoms with van der Waals surface area (Å²) in [6, 6.07) is 35.8. The minimum atomic E-state index is -1.07. The molecule has 0 saturated carbocycles. The number of anilines is 1. The van der Waals surface area contributed by atoms with E-state index in [0.717, 1.165) is 41.0 Å². The Morgan fingerprint density at radius 3 is 2.12 bits per heavy atom. The largest absolute Gasteiger partial charge is 0.497 e. The monoisotopic (exact) mass is 687 g/mol. The molecule has 3 atom stereocenters. The number of nitrogens with zero attached hydrogens (tertiary/aromatic N) is 3. The van der Waals surface area contributed by atoms with Gasteiger partial charge in [0.2, 0.25) is 5.95 Å². The second-order valence-electron chi connectivity index (χ2n) is 12.5. The summed E-state index contributed by atoms with van der Waals surface area (Å²) in [4.78, 5) is 24.8. The van der Waals surface area contributed by atoms with E-state index in [2.05, 4.69) is 32.4 Å². The number of hydrogen-bond acceptors (Lipinski definition) is 9. The van der Waals surface area contributed by atoms with Gasteiger partial charge in [0.1, 0.15) is 29.4 Å². The van der Waals surface area contributed by atoms with Crippen molar-refractivity contribution < 1.29 is 24.1 Å². The number of nitrogens with one attached hydrogen (secondary N) is 2. The van der Waals surface area contributed by atoms with Crippen LogP contribution in [0.15, 0.2) is 120 Å². The fourth-order valence-electron chi connectivity index (χ4n) is 6.68. The lowest BCUT2D eigenvalue weighted by molar-refractivity contribution is -0.0931. The highest BCUT2D eigenvalue weighted by Crippen LogP contribution is 2.43. The van der Waals surface area contributed by atoms with Crippen LogP contribution in [0.5, 0.6) is 11.5 Å². The van der Waals surface area contributed by atoms with Gasteiger partial charge in [-0.05, 0) is 59.4 Å². The molecule has 7 rings (SSSR count). The highest BCUT2D eigenvalue weighted by Gasteiger charge is 2.42. The van der Waals surface area contributed by atoms with Crippen molar-refractivity contribution in [3.05, 3.63) is 148 Å². The third-order valence-electron chi connectivity index (χ3n) is 9.36. The summed E-state index contributed by atoms with van der Waals surface area (Å²) in [5, 5.41) is 14.6. The first-order valence-corrected chi connectivity index (χ1v) is 17.0. The highest BCUT2D eigenvalue weighted by molar-refractivity contribution is 5.71. The average Bonchev–Trinajstić information content (AvgIpc) is 3.78. The van der Waals surface area contributed by atoms with Gasteiger partial charge < -0.3 is 29.4 Å². The summed E-state index contributed by atoms with van der Waals surface area (Å²) in [7, 11) is 3.27. The molecule has 0 aliphatic carbocycles. The van der Waals surface area contributed by atoms with E-state index in [1.807, 2.05) is 97.1 Å². The molecule has 0 amide bonds. The van der Waals surface area contributed by atoms with Crippen molar-refractivity contribution in [1.82, 2.24) is 19.5 Å². The number of benzene rings is 4. The van der Waals surface area contributed by atoms with Crippen molar-refractivity contribution in [3.8, 4) is 11.5 Å². The van der Waals surface area contributed by atoms with Crippen LogP contribution in [-0.2, 0) is 21.5 Å². The number of aryl methyl sites for hydroxylation is 1. The fourth-order valence-corrected chi connectivity index (χ4v) is 6.68. The van der Waals surface area contributed by atoms with Crippen molar-refractivity contribution in [3.63, 3.8) is 0 Å². The predicted octanol–water partition coefficient (Wildman–Crippen LogP) is 5.84. The molecule has 0 unspecified atom stereocenters. The Kier molecular flexibility index (Phi) is 10.1. The summed E-state index contributed by atoms with van der Waals surface area (Å²) in [5.41, 5.74) is 3.04. The standard InChI is InChI=1S/C40H41N5O6/c1-48-31-19-15-29(16-20-31)40(28-13-7-4-8-14-28,30-17-21-32(49-2)22-18-30)50-25-34-33(46)24-35(51-34)45-26-42-36-37(45)43-39(44-38(36)47)41-23-9-12-27-10-5-3-6-11-27/h3-8,10-11,13-22,26,33-35,46H,9,12,23-25H2,1-2H3,(H2,41,43,44,47)/t33-,34+,35+/m0/s1. The Morgan fingerprint density at radius 1 is 0.882 bits per heavy atom. The first kappa shape index (κ1) is 34.0.